The third-order valence-corrected chi connectivity index (χ3v) is 8.95. The molecule has 1 N–H and O–H groups in total. The van der Waals surface area contributed by atoms with Crippen molar-refractivity contribution in [2.45, 2.75) is 83.5 Å². The summed E-state index contributed by atoms with van der Waals surface area (Å²) in [5.41, 5.74) is 1.81. The maximum atomic E-state index is 13.8. The summed E-state index contributed by atoms with van der Waals surface area (Å²) in [7, 11) is 4.86. The zero-order valence-electron chi connectivity index (χ0n) is 30.0. The molecule has 12 nitrogen and oxygen atoms in total. The fraction of sp³-hybridized carbons (Fsp3) is 0.622. The second-order valence-corrected chi connectivity index (χ2v) is 13.4. The first-order chi connectivity index (χ1) is 23.4. The summed E-state index contributed by atoms with van der Waals surface area (Å²) in [5, 5.41) is 11.2. The maximum absolute atomic E-state index is 13.8. The van der Waals surface area contributed by atoms with Gasteiger partial charge in [-0.25, -0.2) is 4.79 Å². The van der Waals surface area contributed by atoms with Crippen molar-refractivity contribution in [3.05, 3.63) is 53.6 Å². The van der Waals surface area contributed by atoms with Crippen molar-refractivity contribution in [3.63, 3.8) is 0 Å². The molecule has 0 bridgehead atoms. The number of carbonyl (C=O) groups excluding carboxylic acids is 2. The van der Waals surface area contributed by atoms with Gasteiger partial charge in [0.1, 0.15) is 18.1 Å². The average Bonchev–Trinajstić information content (AvgIpc) is 3.07. The third-order valence-electron chi connectivity index (χ3n) is 8.95. The number of piperidine rings is 1. The lowest BCUT2D eigenvalue weighted by molar-refractivity contribution is -0.171. The van der Waals surface area contributed by atoms with Crippen LogP contribution >= 0.6 is 0 Å². The van der Waals surface area contributed by atoms with Crippen molar-refractivity contribution in [1.82, 2.24) is 4.90 Å². The van der Waals surface area contributed by atoms with E-state index in [1.54, 1.807) is 39.9 Å². The number of ether oxygens (including phenoxy) is 7. The summed E-state index contributed by atoms with van der Waals surface area (Å²) in [6.07, 6.45) is -0.547. The predicted octanol–water partition coefficient (Wildman–Crippen LogP) is 5.14. The van der Waals surface area contributed by atoms with Gasteiger partial charge in [-0.3, -0.25) is 4.79 Å². The van der Waals surface area contributed by atoms with Gasteiger partial charge in [-0.1, -0.05) is 32.0 Å². The first-order valence-electron chi connectivity index (χ1n) is 17.1. The number of hydrogen-bond donors (Lipinski definition) is 1. The van der Waals surface area contributed by atoms with Crippen LogP contribution in [0.1, 0.15) is 64.0 Å². The van der Waals surface area contributed by atoms with Gasteiger partial charge in [0.15, 0.2) is 0 Å². The number of methoxy groups -OCH3 is 3. The van der Waals surface area contributed by atoms with Crippen molar-refractivity contribution in [2.75, 3.05) is 65.7 Å². The highest BCUT2D eigenvalue weighted by Gasteiger charge is 2.43. The van der Waals surface area contributed by atoms with Gasteiger partial charge in [0.2, 0.25) is 6.29 Å². The zero-order chi connectivity index (χ0) is 35.6. The van der Waals surface area contributed by atoms with Crippen molar-refractivity contribution >= 4 is 17.7 Å². The number of likely N-dealkylation sites (tertiary alicyclic amines) is 1. The van der Waals surface area contributed by atoms with E-state index >= 15 is 0 Å². The summed E-state index contributed by atoms with van der Waals surface area (Å²) in [6.45, 7) is 10.2. The van der Waals surface area contributed by atoms with Crippen LogP contribution in [-0.2, 0) is 35.1 Å². The van der Waals surface area contributed by atoms with Gasteiger partial charge in [-0.2, -0.15) is 0 Å². The molecule has 0 unspecified atom stereocenters. The molecule has 12 heteroatoms. The van der Waals surface area contributed by atoms with Gasteiger partial charge in [-0.05, 0) is 61.6 Å². The SMILES string of the molecule is COCCCN1CCOc2ccc(CO[C@H]3CN(C(=O)O[C@@H](C)OC(=O)C(C)C)[C@@H](C[C@@](C)(O)COC)C[C@@H]3c3ccc(OC)cc3)cc21. The van der Waals surface area contributed by atoms with E-state index in [-0.39, 0.29) is 31.4 Å². The van der Waals surface area contributed by atoms with Crippen molar-refractivity contribution in [1.29, 1.82) is 0 Å². The molecule has 272 valence electrons. The minimum atomic E-state index is -1.22. The molecular weight excluding hydrogens is 632 g/mol. The molecule has 1 saturated heterocycles. The topological polar surface area (TPSA) is 125 Å². The highest BCUT2D eigenvalue weighted by atomic mass is 16.7. The number of carbonyl (C=O) groups is 2. The van der Waals surface area contributed by atoms with E-state index < -0.39 is 36.1 Å². The van der Waals surface area contributed by atoms with Gasteiger partial charge in [0, 0.05) is 46.3 Å². The summed E-state index contributed by atoms with van der Waals surface area (Å²) in [6, 6.07) is 13.5. The smallest absolute Gasteiger partial charge is 0.413 e. The largest absolute Gasteiger partial charge is 0.497 e. The number of aliphatic hydroxyl groups is 1. The van der Waals surface area contributed by atoms with Gasteiger partial charge in [0.05, 0.1) is 56.7 Å². The molecule has 0 aromatic heterocycles. The molecule has 2 aromatic rings. The second kappa shape index (κ2) is 17.9. The first kappa shape index (κ1) is 38.2. The quantitative estimate of drug-likeness (QED) is 0.143. The van der Waals surface area contributed by atoms with Crippen LogP contribution in [0.3, 0.4) is 0 Å². The molecule has 2 heterocycles. The van der Waals surface area contributed by atoms with Crippen LogP contribution in [0.5, 0.6) is 11.5 Å². The number of fused-ring (bicyclic) bond motifs is 1. The van der Waals surface area contributed by atoms with E-state index in [0.29, 0.717) is 26.2 Å². The van der Waals surface area contributed by atoms with Gasteiger partial charge < -0.3 is 48.1 Å². The number of amides is 1. The fourth-order valence-corrected chi connectivity index (χ4v) is 6.48. The van der Waals surface area contributed by atoms with Crippen LogP contribution < -0.4 is 14.4 Å². The van der Waals surface area contributed by atoms with E-state index in [1.165, 1.54) is 14.0 Å². The molecule has 2 aliphatic rings. The normalized spacial score (nSPS) is 21.0. The summed E-state index contributed by atoms with van der Waals surface area (Å²) < 4.78 is 39.6. The average molecular weight is 687 g/mol. The molecule has 2 aliphatic heterocycles. The zero-order valence-corrected chi connectivity index (χ0v) is 30.0. The lowest BCUT2D eigenvalue weighted by Gasteiger charge is -2.45. The molecule has 0 radical (unpaired) electrons. The van der Waals surface area contributed by atoms with Crippen LogP contribution in [0.2, 0.25) is 0 Å². The number of esters is 1. The summed E-state index contributed by atoms with van der Waals surface area (Å²) >= 11 is 0. The second-order valence-electron chi connectivity index (χ2n) is 13.4. The Balaban J connectivity index is 1.61. The van der Waals surface area contributed by atoms with Crippen LogP contribution in [0.15, 0.2) is 42.5 Å². The molecule has 2 aromatic carbocycles. The fourth-order valence-electron chi connectivity index (χ4n) is 6.48. The Kier molecular flexibility index (Phi) is 14.0. The molecule has 0 saturated carbocycles. The predicted molar refractivity (Wildman–Crippen MR) is 184 cm³/mol. The number of anilines is 1. The Morgan fingerprint density at radius 2 is 1.80 bits per heavy atom. The minimum Gasteiger partial charge on any atom is -0.497 e. The number of nitrogens with zero attached hydrogens (tertiary/aromatic N) is 2. The molecule has 0 aliphatic carbocycles. The maximum Gasteiger partial charge on any atom is 0.413 e. The lowest BCUT2D eigenvalue weighted by atomic mass is 9.80. The van der Waals surface area contributed by atoms with E-state index in [1.807, 2.05) is 36.4 Å². The standard InChI is InChI=1S/C37H54N2O10/c1-25(2)35(40)48-26(3)49-36(41)39-22-34(47-23-27-9-14-33-32(19-27)38(16-18-46-33)15-8-17-43-5)31(28-10-12-30(45-7)13-11-28)20-29(39)21-37(4,42)24-44-6/h9-14,19,25-26,29,31,34,42H,8,15-18,20-24H2,1-7H3/t26-,29+,31+,34-,37+/m0/s1. The van der Waals surface area contributed by atoms with Crippen molar-refractivity contribution < 1.29 is 47.9 Å². The lowest BCUT2D eigenvalue weighted by Crippen LogP contribution is -2.55. The minimum absolute atomic E-state index is 0.0897. The summed E-state index contributed by atoms with van der Waals surface area (Å²) in [5.74, 6) is 0.614. The van der Waals surface area contributed by atoms with E-state index in [4.69, 9.17) is 33.2 Å². The molecule has 4 rings (SSSR count). The van der Waals surface area contributed by atoms with Gasteiger partial charge >= 0.3 is 12.1 Å². The molecule has 0 spiro atoms. The molecule has 1 amide bonds. The monoisotopic (exact) mass is 686 g/mol. The van der Waals surface area contributed by atoms with Crippen LogP contribution in [0.25, 0.3) is 0 Å². The van der Waals surface area contributed by atoms with Gasteiger partial charge in [0.25, 0.3) is 0 Å². The highest BCUT2D eigenvalue weighted by molar-refractivity contribution is 5.72. The first-order valence-corrected chi connectivity index (χ1v) is 17.1. The summed E-state index contributed by atoms with van der Waals surface area (Å²) in [4.78, 5) is 29.9. The Labute approximate surface area is 290 Å². The Hall–Kier alpha value is -3.58. The third kappa shape index (κ3) is 10.7. The number of hydrogen-bond acceptors (Lipinski definition) is 11. The Morgan fingerprint density at radius 1 is 1.04 bits per heavy atom. The van der Waals surface area contributed by atoms with Crippen LogP contribution in [0, 0.1) is 5.92 Å². The molecule has 49 heavy (non-hydrogen) atoms. The van der Waals surface area contributed by atoms with Crippen LogP contribution in [-0.4, -0.2) is 107 Å². The number of rotatable bonds is 16. The number of benzene rings is 2. The van der Waals surface area contributed by atoms with E-state index in [9.17, 15) is 14.7 Å². The molecule has 5 atom stereocenters. The van der Waals surface area contributed by atoms with Crippen molar-refractivity contribution in [3.8, 4) is 11.5 Å². The Morgan fingerprint density at radius 3 is 2.47 bits per heavy atom. The Bertz CT molecular complexity index is 1350. The highest BCUT2D eigenvalue weighted by Crippen LogP contribution is 2.39. The van der Waals surface area contributed by atoms with E-state index in [2.05, 4.69) is 11.0 Å². The van der Waals surface area contributed by atoms with Gasteiger partial charge in [-0.15, -0.1) is 0 Å². The van der Waals surface area contributed by atoms with Crippen molar-refractivity contribution in [2.24, 2.45) is 5.92 Å². The van der Waals surface area contributed by atoms with Crippen LogP contribution in [0.4, 0.5) is 10.5 Å². The molecule has 1 fully saturated rings. The van der Waals surface area contributed by atoms with E-state index in [0.717, 1.165) is 47.8 Å². The molecular formula is C37H54N2O10.